The third-order valence-electron chi connectivity index (χ3n) is 6.37. The molecule has 2 saturated heterocycles. The van der Waals surface area contributed by atoms with Gasteiger partial charge in [0.15, 0.2) is 16.8 Å². The number of esters is 1. The number of phosphoric ester groups is 1. The van der Waals surface area contributed by atoms with Crippen molar-refractivity contribution in [2.24, 2.45) is 0 Å². The fourth-order valence-electron chi connectivity index (χ4n) is 4.59. The number of methoxy groups -OCH3 is 1. The van der Waals surface area contributed by atoms with Crippen molar-refractivity contribution >= 4 is 99.1 Å². The Labute approximate surface area is 286 Å². The van der Waals surface area contributed by atoms with E-state index in [-0.39, 0.29) is 38.0 Å². The quantitative estimate of drug-likeness (QED) is 0.0628. The molecule has 49 heavy (non-hydrogen) atoms. The van der Waals surface area contributed by atoms with Gasteiger partial charge in [-0.15, -0.1) is 23.1 Å². The second-order valence-electron chi connectivity index (χ2n) is 9.44. The van der Waals surface area contributed by atoms with Crippen LogP contribution < -0.4 is 25.7 Å². The number of H-pyrrole nitrogens is 1. The first kappa shape index (κ1) is 37.6. The number of carbonyl (C=O) groups is 2. The lowest BCUT2D eigenvalue weighted by molar-refractivity contribution is -0.250. The maximum Gasteiger partial charge on any atom is 0.348 e. The van der Waals surface area contributed by atoms with E-state index in [4.69, 9.17) is 48.4 Å². The molecule has 0 aliphatic carbocycles. The van der Waals surface area contributed by atoms with E-state index in [2.05, 4.69) is 38.3 Å². The van der Waals surface area contributed by atoms with Gasteiger partial charge in [0.1, 0.15) is 34.4 Å². The molecule has 2 aliphatic heterocycles. The first-order valence-corrected chi connectivity index (χ1v) is 19.6. The van der Waals surface area contributed by atoms with Gasteiger partial charge in [-0.1, -0.05) is 12.2 Å². The number of thioether (sulfide) groups is 1. The summed E-state index contributed by atoms with van der Waals surface area (Å²) in [5, 5.41) is 2.44. The molecule has 3 aromatic rings. The highest BCUT2D eigenvalue weighted by atomic mass is 32.2. The van der Waals surface area contributed by atoms with Crippen molar-refractivity contribution in [3.8, 4) is 0 Å². The third-order valence-corrected chi connectivity index (χ3v) is 12.6. The Hall–Kier alpha value is -2.66. The van der Waals surface area contributed by atoms with E-state index in [1.165, 1.54) is 10.9 Å². The van der Waals surface area contributed by atoms with Crippen molar-refractivity contribution in [3.63, 3.8) is 0 Å². The van der Waals surface area contributed by atoms with Crippen LogP contribution >= 0.6 is 58.8 Å². The summed E-state index contributed by atoms with van der Waals surface area (Å²) < 4.78 is 70.2. The molecule has 0 saturated carbocycles. The monoisotopic (exact) mass is 802 g/mol. The molecule has 5 rings (SSSR count). The van der Waals surface area contributed by atoms with Crippen molar-refractivity contribution < 1.29 is 75.0 Å². The maximum atomic E-state index is 13.4. The predicted molar refractivity (Wildman–Crippen MR) is 160 cm³/mol. The molecule has 23 nitrogen and oxygen atoms in total. The minimum absolute atomic E-state index is 0.00289. The van der Waals surface area contributed by atoms with Gasteiger partial charge in [-0.05, 0) is 6.26 Å². The van der Waals surface area contributed by atoms with E-state index in [0.29, 0.717) is 4.21 Å². The molecule has 8 atom stereocenters. The zero-order valence-electron chi connectivity index (χ0n) is 24.2. The summed E-state index contributed by atoms with van der Waals surface area (Å²) in [5.74, 6) is -1.97. The summed E-state index contributed by atoms with van der Waals surface area (Å²) in [7, 11) is -17.0. The van der Waals surface area contributed by atoms with E-state index in [0.717, 1.165) is 30.2 Å². The van der Waals surface area contributed by atoms with Crippen molar-refractivity contribution in [2.75, 3.05) is 31.0 Å². The third kappa shape index (κ3) is 8.13. The van der Waals surface area contributed by atoms with Crippen LogP contribution in [0.1, 0.15) is 15.9 Å². The molecule has 29 heteroatoms. The van der Waals surface area contributed by atoms with E-state index in [1.807, 2.05) is 0 Å². The maximum absolute atomic E-state index is 13.4. The van der Waals surface area contributed by atoms with Crippen molar-refractivity contribution in [1.29, 1.82) is 0 Å². The predicted octanol–water partition coefficient (Wildman–Crippen LogP) is 0.285. The molecule has 1 amide bonds. The van der Waals surface area contributed by atoms with E-state index < -0.39 is 72.8 Å². The van der Waals surface area contributed by atoms with Gasteiger partial charge in [0, 0.05) is 0 Å². The number of nitrogens with one attached hydrogen (secondary N) is 2. The summed E-state index contributed by atoms with van der Waals surface area (Å²) in [6.07, 6.45) is -4.34. The number of hydrogen-bond acceptors (Lipinski definition) is 21. The molecule has 3 aromatic heterocycles. The number of aromatic nitrogens is 4. The summed E-state index contributed by atoms with van der Waals surface area (Å²) in [6, 6.07) is 0. The van der Waals surface area contributed by atoms with Crippen LogP contribution in [0, 0.1) is 11.2 Å². The average molecular weight is 803 g/mol. The fraction of sp³-hybridized carbons (Fsp3) is 0.400. The van der Waals surface area contributed by atoms with Crippen LogP contribution in [0.2, 0.25) is 0 Å². The van der Waals surface area contributed by atoms with Crippen molar-refractivity contribution in [2.45, 2.75) is 35.0 Å². The van der Waals surface area contributed by atoms with Gasteiger partial charge < -0.3 is 59.1 Å². The lowest BCUT2D eigenvalue weighted by Crippen LogP contribution is -2.34. The van der Waals surface area contributed by atoms with Crippen LogP contribution in [0.4, 0.5) is 17.3 Å². The number of hydrogen-bond donors (Lipinski definition) is 4. The standard InChI is InChI=1S/C20H22N7O16P3S3/c1-22-8-7(12(17(29)37-2)49-19(8)48-3)24-14(28)18-40-10-6(4-38-45(33,34)43-46(35,36)42-44(30,31)32)39-16(11(10)41-18)27-5-23-9-13(27)25-20(21)26-15(9)47/h5-6,10-11,16,18H,4H2,2-3H3,(H,24,28)(H,33,34)(H,35,36)(H2,30,31,32)(H3,21,25,26,47)/p-3/t6?,10?,11?,16?,18-/m1/s1. The van der Waals surface area contributed by atoms with Gasteiger partial charge >= 0.3 is 5.97 Å². The average Bonchev–Trinajstić information content (AvgIpc) is 3.75. The van der Waals surface area contributed by atoms with Gasteiger partial charge in [0.05, 0.1) is 36.5 Å². The SMILES string of the molecule is [C-]#[N+]c1c(SC)sc(C(=O)OC)c1NC(=O)[C@@H]1OC2C(COP(=O)([O-])OP(=O)([O-])OP(=O)([O-])O)OC(n3cnc4c(=S)nc(N)[nH]c43)C2O1. The smallest absolute Gasteiger partial charge is 0.348 e. The van der Waals surface area contributed by atoms with Crippen LogP contribution in [-0.4, -0.2) is 80.9 Å². The molecule has 0 aromatic carbocycles. The van der Waals surface area contributed by atoms with Gasteiger partial charge in [-0.25, -0.2) is 28.2 Å². The molecule has 2 fully saturated rings. The number of fused-ring (bicyclic) bond motifs is 2. The number of imidazole rings is 1. The molecule has 7 unspecified atom stereocenters. The molecule has 0 spiro atoms. The fourth-order valence-corrected chi connectivity index (χ4v) is 9.51. The largest absolute Gasteiger partial charge is 0.756 e. The second kappa shape index (κ2) is 14.2. The number of amides is 1. The number of nitrogen functional groups attached to an aromatic ring is 1. The van der Waals surface area contributed by atoms with Gasteiger partial charge in [0.25, 0.3) is 29.4 Å². The van der Waals surface area contributed by atoms with Crippen LogP contribution in [0.5, 0.6) is 0 Å². The number of phosphoric acid groups is 3. The Kier molecular flexibility index (Phi) is 10.9. The molecule has 2 aliphatic rings. The van der Waals surface area contributed by atoms with Crippen molar-refractivity contribution in [1.82, 2.24) is 19.5 Å². The summed E-state index contributed by atoms with van der Waals surface area (Å²) in [6.45, 7) is 6.49. The minimum atomic E-state index is -6.21. The van der Waals surface area contributed by atoms with E-state index in [9.17, 15) is 38.0 Å². The number of anilines is 2. The first-order chi connectivity index (χ1) is 22.9. The van der Waals surface area contributed by atoms with Crippen LogP contribution in [-0.2, 0) is 50.6 Å². The molecule has 0 bridgehead atoms. The highest BCUT2D eigenvalue weighted by molar-refractivity contribution is 8.00. The lowest BCUT2D eigenvalue weighted by atomic mass is 10.1. The topological polar surface area (TPSA) is 328 Å². The number of aromatic amines is 1. The molecule has 266 valence electrons. The van der Waals surface area contributed by atoms with Crippen LogP contribution in [0.3, 0.4) is 0 Å². The molecular formula is C20H19N7O16P3S3-3. The summed E-state index contributed by atoms with van der Waals surface area (Å²) in [5.41, 5.74) is 5.88. The number of nitrogens with zero attached hydrogens (tertiary/aromatic N) is 4. The Morgan fingerprint density at radius 3 is 2.57 bits per heavy atom. The zero-order chi connectivity index (χ0) is 36.1. The molecule has 0 radical (unpaired) electrons. The Bertz CT molecular complexity index is 2060. The molecule has 5 N–H and O–H groups in total. The number of nitrogens with two attached hydrogens (primary N) is 1. The normalized spacial score (nSPS) is 25.5. The highest BCUT2D eigenvalue weighted by Gasteiger charge is 2.55. The summed E-state index contributed by atoms with van der Waals surface area (Å²) in [4.78, 5) is 83.2. The van der Waals surface area contributed by atoms with Crippen LogP contribution in [0.15, 0.2) is 10.5 Å². The Balaban J connectivity index is 1.43. The van der Waals surface area contributed by atoms with E-state index >= 15 is 0 Å². The van der Waals surface area contributed by atoms with Crippen molar-refractivity contribution in [3.05, 3.63) is 27.3 Å². The highest BCUT2D eigenvalue weighted by Crippen LogP contribution is 2.61. The number of carbonyl (C=O) groups excluding carboxylic acids is 2. The number of ether oxygens (including phenoxy) is 4. The van der Waals surface area contributed by atoms with Gasteiger partial charge in [0.2, 0.25) is 12.0 Å². The van der Waals surface area contributed by atoms with Gasteiger partial charge in [-0.2, -0.15) is 0 Å². The number of rotatable bonds is 12. The molecule has 5 heterocycles. The second-order valence-corrected chi connectivity index (χ2v) is 16.2. The lowest BCUT2D eigenvalue weighted by Gasteiger charge is -2.33. The zero-order valence-corrected chi connectivity index (χ0v) is 29.3. The van der Waals surface area contributed by atoms with E-state index in [1.54, 1.807) is 6.26 Å². The molecular weight excluding hydrogens is 783 g/mol. The summed E-state index contributed by atoms with van der Waals surface area (Å²) >= 11 is 7.23. The van der Waals surface area contributed by atoms with Gasteiger partial charge in [-0.3, -0.25) is 23.1 Å². The minimum Gasteiger partial charge on any atom is -0.756 e. The Morgan fingerprint density at radius 1 is 1.24 bits per heavy atom. The first-order valence-electron chi connectivity index (χ1n) is 12.8. The van der Waals surface area contributed by atoms with Crippen LogP contribution in [0.25, 0.3) is 16.0 Å². The Morgan fingerprint density at radius 2 is 1.94 bits per heavy atom. The number of thiophene rings is 1.